The average Bonchev–Trinajstić information content (AvgIpc) is 2.88. The minimum absolute atomic E-state index is 0.0338. The normalized spacial score (nSPS) is 22.8. The summed E-state index contributed by atoms with van der Waals surface area (Å²) in [6.07, 6.45) is 4.27. The predicted molar refractivity (Wildman–Crippen MR) is 133 cm³/mol. The Kier molecular flexibility index (Phi) is 6.66. The van der Waals surface area contributed by atoms with E-state index < -0.39 is 15.3 Å². The lowest BCUT2D eigenvalue weighted by Gasteiger charge is -2.38. The summed E-state index contributed by atoms with van der Waals surface area (Å²) in [5.41, 5.74) is 1.97. The van der Waals surface area contributed by atoms with Crippen molar-refractivity contribution in [2.45, 2.75) is 37.6 Å². The van der Waals surface area contributed by atoms with E-state index in [2.05, 4.69) is 24.8 Å². The Labute approximate surface area is 205 Å². The summed E-state index contributed by atoms with van der Waals surface area (Å²) in [5.74, 6) is 0.262. The van der Waals surface area contributed by atoms with Crippen LogP contribution in [0.2, 0.25) is 0 Å². The average molecular weight is 497 g/mol. The first-order valence-electron chi connectivity index (χ1n) is 11.9. The third kappa shape index (κ3) is 4.85. The molecule has 10 heteroatoms. The largest absolute Gasteiger partial charge is 0.368 e. The lowest BCUT2D eigenvalue weighted by atomic mass is 10.0. The van der Waals surface area contributed by atoms with Crippen LogP contribution in [0.4, 0.5) is 16.0 Å². The maximum atomic E-state index is 15.2. The first kappa shape index (κ1) is 23.6. The van der Waals surface area contributed by atoms with Crippen LogP contribution in [-0.4, -0.2) is 59.9 Å². The number of rotatable bonds is 5. The molecular formula is C25H29FN6O2S. The molecule has 0 radical (unpaired) electrons. The van der Waals surface area contributed by atoms with Crippen molar-refractivity contribution in [1.29, 1.82) is 0 Å². The summed E-state index contributed by atoms with van der Waals surface area (Å²) in [6, 6.07) is 14.2. The molecule has 5 rings (SSSR count). The summed E-state index contributed by atoms with van der Waals surface area (Å²) < 4.78 is 43.6. The zero-order valence-corrected chi connectivity index (χ0v) is 20.5. The Morgan fingerprint density at radius 2 is 1.63 bits per heavy atom. The van der Waals surface area contributed by atoms with Crippen molar-refractivity contribution in [2.75, 3.05) is 36.0 Å². The Hall–Kier alpha value is -3.11. The Morgan fingerprint density at radius 3 is 2.31 bits per heavy atom. The zero-order valence-electron chi connectivity index (χ0n) is 19.7. The lowest BCUT2D eigenvalue weighted by molar-refractivity contribution is 0.279. The van der Waals surface area contributed by atoms with Crippen LogP contribution >= 0.6 is 0 Å². The number of sulfonamides is 1. The van der Waals surface area contributed by atoms with E-state index in [0.29, 0.717) is 31.0 Å². The van der Waals surface area contributed by atoms with E-state index in [0.717, 1.165) is 30.8 Å². The zero-order chi connectivity index (χ0) is 24.4. The molecule has 2 aliphatic rings. The van der Waals surface area contributed by atoms with E-state index in [-0.39, 0.29) is 18.4 Å². The van der Waals surface area contributed by atoms with Gasteiger partial charge in [-0.25, -0.2) is 27.8 Å². The van der Waals surface area contributed by atoms with E-state index in [9.17, 15) is 8.42 Å². The molecule has 2 fully saturated rings. The molecule has 1 unspecified atom stereocenters. The fourth-order valence-electron chi connectivity index (χ4n) is 4.94. The molecule has 0 aliphatic carbocycles. The van der Waals surface area contributed by atoms with Crippen molar-refractivity contribution < 1.29 is 12.8 Å². The molecule has 2 saturated heterocycles. The quantitative estimate of drug-likeness (QED) is 0.536. The van der Waals surface area contributed by atoms with E-state index in [4.69, 9.17) is 0 Å². The van der Waals surface area contributed by atoms with Crippen LogP contribution in [0.5, 0.6) is 0 Å². The molecule has 3 heterocycles. The topological polar surface area (TPSA) is 82.5 Å². The second-order valence-corrected chi connectivity index (χ2v) is 11.2. The number of benzene rings is 2. The molecule has 0 spiro atoms. The van der Waals surface area contributed by atoms with Crippen molar-refractivity contribution in [3.05, 3.63) is 78.1 Å². The molecule has 0 N–H and O–H groups in total. The van der Waals surface area contributed by atoms with Gasteiger partial charge in [0, 0.05) is 50.0 Å². The van der Waals surface area contributed by atoms with E-state index >= 15 is 4.39 Å². The SMILES string of the molecule is C[C@H]1CCC(c2ccccc2)S(=O)(=O)N1Cc1ccc(N2CCN(c3ncncn3)CC2)cc1F. The van der Waals surface area contributed by atoms with Crippen LogP contribution in [0, 0.1) is 5.82 Å². The minimum atomic E-state index is -3.61. The fourth-order valence-corrected chi connectivity index (χ4v) is 7.13. The van der Waals surface area contributed by atoms with Gasteiger partial charge in [0.1, 0.15) is 23.7 Å². The molecule has 35 heavy (non-hydrogen) atoms. The minimum Gasteiger partial charge on any atom is -0.368 e. The van der Waals surface area contributed by atoms with Crippen molar-refractivity contribution in [1.82, 2.24) is 19.3 Å². The van der Waals surface area contributed by atoms with Gasteiger partial charge in [-0.15, -0.1) is 0 Å². The highest BCUT2D eigenvalue weighted by atomic mass is 32.2. The van der Waals surface area contributed by atoms with Gasteiger partial charge in [-0.05, 0) is 37.5 Å². The molecule has 0 bridgehead atoms. The number of piperazine rings is 1. The van der Waals surface area contributed by atoms with Gasteiger partial charge < -0.3 is 9.80 Å². The van der Waals surface area contributed by atoms with Crippen molar-refractivity contribution in [2.24, 2.45) is 0 Å². The van der Waals surface area contributed by atoms with Gasteiger partial charge in [-0.3, -0.25) is 0 Å². The van der Waals surface area contributed by atoms with Crippen LogP contribution in [-0.2, 0) is 16.6 Å². The van der Waals surface area contributed by atoms with Crippen molar-refractivity contribution >= 4 is 21.7 Å². The molecular weight excluding hydrogens is 467 g/mol. The number of aromatic nitrogens is 3. The smallest absolute Gasteiger partial charge is 0.228 e. The van der Waals surface area contributed by atoms with Gasteiger partial charge in [-0.1, -0.05) is 36.4 Å². The van der Waals surface area contributed by atoms with Gasteiger partial charge in [0.25, 0.3) is 0 Å². The maximum Gasteiger partial charge on any atom is 0.228 e. The van der Waals surface area contributed by atoms with Gasteiger partial charge in [0.2, 0.25) is 16.0 Å². The van der Waals surface area contributed by atoms with E-state index in [1.54, 1.807) is 6.07 Å². The first-order valence-corrected chi connectivity index (χ1v) is 13.4. The van der Waals surface area contributed by atoms with Gasteiger partial charge >= 0.3 is 0 Å². The molecule has 8 nitrogen and oxygen atoms in total. The second-order valence-electron chi connectivity index (χ2n) is 9.10. The summed E-state index contributed by atoms with van der Waals surface area (Å²) in [4.78, 5) is 16.4. The van der Waals surface area contributed by atoms with Gasteiger partial charge in [0.15, 0.2) is 0 Å². The van der Waals surface area contributed by atoms with E-state index in [1.807, 2.05) is 43.3 Å². The summed E-state index contributed by atoms with van der Waals surface area (Å²) in [5, 5.41) is -0.595. The molecule has 2 atom stereocenters. The monoisotopic (exact) mass is 496 g/mol. The van der Waals surface area contributed by atoms with Crippen LogP contribution in [0.3, 0.4) is 0 Å². The Morgan fingerprint density at radius 1 is 0.943 bits per heavy atom. The number of hydrogen-bond donors (Lipinski definition) is 0. The number of anilines is 2. The number of halogens is 1. The highest BCUT2D eigenvalue weighted by molar-refractivity contribution is 7.89. The summed E-state index contributed by atoms with van der Waals surface area (Å²) >= 11 is 0. The van der Waals surface area contributed by atoms with Gasteiger partial charge in [-0.2, -0.15) is 4.31 Å². The van der Waals surface area contributed by atoms with Crippen LogP contribution < -0.4 is 9.80 Å². The van der Waals surface area contributed by atoms with Crippen molar-refractivity contribution in [3.63, 3.8) is 0 Å². The predicted octanol–water partition coefficient (Wildman–Crippen LogP) is 3.39. The molecule has 2 aromatic carbocycles. The Balaban J connectivity index is 1.29. The van der Waals surface area contributed by atoms with E-state index in [1.165, 1.54) is 23.0 Å². The standard InChI is InChI=1S/C25H29FN6O2S/c1-19-7-10-24(20-5-3-2-4-6-20)35(33,34)32(19)16-21-8-9-22(15-23(21)26)30-11-13-31(14-12-30)25-28-17-27-18-29-25/h2-6,8-9,15,17-19,24H,7,10-14,16H2,1H3/t19-,24?/m0/s1. The second kappa shape index (κ2) is 9.87. The molecule has 3 aromatic rings. The highest BCUT2D eigenvalue weighted by Crippen LogP contribution is 2.38. The molecule has 184 valence electrons. The van der Waals surface area contributed by atoms with Gasteiger partial charge in [0.05, 0.1) is 0 Å². The highest BCUT2D eigenvalue weighted by Gasteiger charge is 2.40. The third-order valence-corrected chi connectivity index (χ3v) is 9.34. The van der Waals surface area contributed by atoms with Crippen molar-refractivity contribution in [3.8, 4) is 0 Å². The molecule has 0 saturated carbocycles. The molecule has 2 aliphatic heterocycles. The summed E-state index contributed by atoms with van der Waals surface area (Å²) in [7, 11) is -3.61. The number of hydrogen-bond acceptors (Lipinski definition) is 7. The third-order valence-electron chi connectivity index (χ3n) is 6.97. The number of nitrogens with zero attached hydrogens (tertiary/aromatic N) is 6. The fraction of sp³-hybridized carbons (Fsp3) is 0.400. The summed E-state index contributed by atoms with van der Waals surface area (Å²) in [6.45, 7) is 4.79. The Bertz CT molecular complexity index is 1250. The lowest BCUT2D eigenvalue weighted by Crippen LogP contribution is -2.47. The molecule has 1 aromatic heterocycles. The first-order chi connectivity index (χ1) is 16.9. The van der Waals surface area contributed by atoms with Crippen LogP contribution in [0.25, 0.3) is 0 Å². The van der Waals surface area contributed by atoms with Crippen LogP contribution in [0.1, 0.15) is 36.1 Å². The maximum absolute atomic E-state index is 15.2. The molecule has 0 amide bonds. The van der Waals surface area contributed by atoms with Crippen LogP contribution in [0.15, 0.2) is 61.2 Å².